The van der Waals surface area contributed by atoms with Crippen LogP contribution in [0.5, 0.6) is 0 Å². The molecule has 94 valence electrons. The van der Waals surface area contributed by atoms with Crippen molar-refractivity contribution >= 4 is 17.7 Å². The second-order valence-electron chi connectivity index (χ2n) is 5.38. The van der Waals surface area contributed by atoms with Crippen LogP contribution in [-0.2, 0) is 9.53 Å². The fourth-order valence-corrected chi connectivity index (χ4v) is 3.00. The van der Waals surface area contributed by atoms with Crippen molar-refractivity contribution in [2.75, 3.05) is 5.75 Å². The first kappa shape index (κ1) is 13.8. The number of hydrogen-bond donors (Lipinski definition) is 1. The summed E-state index contributed by atoms with van der Waals surface area (Å²) in [5.41, 5.74) is 5.64. The monoisotopic (exact) mass is 245 g/mol. The Morgan fingerprint density at radius 1 is 1.38 bits per heavy atom. The molecule has 1 aliphatic carbocycles. The largest absolute Gasteiger partial charge is 0.459 e. The van der Waals surface area contributed by atoms with Crippen LogP contribution in [0, 0.1) is 0 Å². The van der Waals surface area contributed by atoms with E-state index in [0.29, 0.717) is 11.0 Å². The minimum absolute atomic E-state index is 0.129. The molecule has 0 amide bonds. The van der Waals surface area contributed by atoms with Crippen LogP contribution in [0.25, 0.3) is 0 Å². The highest BCUT2D eigenvalue weighted by Crippen LogP contribution is 2.27. The summed E-state index contributed by atoms with van der Waals surface area (Å²) < 4.78 is 5.26. The Balaban J connectivity index is 2.25. The highest BCUT2D eigenvalue weighted by molar-refractivity contribution is 8.00. The van der Waals surface area contributed by atoms with Crippen LogP contribution in [-0.4, -0.2) is 28.6 Å². The lowest BCUT2D eigenvalue weighted by atomic mass is 9.96. The number of carbonyl (C=O) groups is 1. The number of nitrogens with two attached hydrogens (primary N) is 1. The third-order valence-corrected chi connectivity index (χ3v) is 4.00. The van der Waals surface area contributed by atoms with E-state index in [0.717, 1.165) is 12.8 Å². The molecule has 0 aromatic rings. The highest BCUT2D eigenvalue weighted by atomic mass is 32.2. The maximum atomic E-state index is 11.5. The molecule has 0 spiro atoms. The lowest BCUT2D eigenvalue weighted by Crippen LogP contribution is -2.36. The predicted molar refractivity (Wildman–Crippen MR) is 68.5 cm³/mol. The van der Waals surface area contributed by atoms with Gasteiger partial charge in [-0.15, -0.1) is 11.8 Å². The van der Waals surface area contributed by atoms with Gasteiger partial charge in [0.1, 0.15) is 5.60 Å². The minimum atomic E-state index is -0.383. The zero-order chi connectivity index (χ0) is 12.2. The quantitative estimate of drug-likeness (QED) is 0.775. The third-order valence-electron chi connectivity index (χ3n) is 2.59. The zero-order valence-electron chi connectivity index (χ0n) is 10.5. The number of carbonyl (C=O) groups excluding carboxylic acids is 1. The zero-order valence-corrected chi connectivity index (χ0v) is 11.3. The molecule has 0 heterocycles. The van der Waals surface area contributed by atoms with Crippen LogP contribution >= 0.6 is 11.8 Å². The molecular weight excluding hydrogens is 222 g/mol. The Labute approximate surface area is 102 Å². The van der Waals surface area contributed by atoms with E-state index >= 15 is 0 Å². The van der Waals surface area contributed by atoms with Gasteiger partial charge in [0.25, 0.3) is 0 Å². The molecular formula is C12H23NO2S. The van der Waals surface area contributed by atoms with E-state index in [1.54, 1.807) is 11.8 Å². The molecule has 2 N–H and O–H groups in total. The van der Waals surface area contributed by atoms with Crippen molar-refractivity contribution in [1.29, 1.82) is 0 Å². The van der Waals surface area contributed by atoms with Crippen LogP contribution in [0.15, 0.2) is 0 Å². The summed E-state index contributed by atoms with van der Waals surface area (Å²) >= 11 is 1.65. The fourth-order valence-electron chi connectivity index (χ4n) is 1.88. The Kier molecular flexibility index (Phi) is 5.12. The van der Waals surface area contributed by atoms with Gasteiger partial charge in [-0.2, -0.15) is 0 Å². The third kappa shape index (κ3) is 5.21. The van der Waals surface area contributed by atoms with Crippen LogP contribution < -0.4 is 5.73 Å². The summed E-state index contributed by atoms with van der Waals surface area (Å²) in [6, 6.07) is 0.251. The molecule has 1 saturated carbocycles. The van der Waals surface area contributed by atoms with Crippen molar-refractivity contribution in [3.05, 3.63) is 0 Å². The topological polar surface area (TPSA) is 52.3 Å². The van der Waals surface area contributed by atoms with E-state index in [4.69, 9.17) is 10.5 Å². The van der Waals surface area contributed by atoms with Gasteiger partial charge in [-0.3, -0.25) is 4.79 Å². The molecule has 0 aliphatic heterocycles. The maximum absolute atomic E-state index is 11.5. The van der Waals surface area contributed by atoms with E-state index in [9.17, 15) is 4.79 Å². The van der Waals surface area contributed by atoms with Crippen LogP contribution in [0.3, 0.4) is 0 Å². The molecule has 0 aromatic carbocycles. The van der Waals surface area contributed by atoms with Crippen LogP contribution in [0.1, 0.15) is 46.5 Å². The minimum Gasteiger partial charge on any atom is -0.459 e. The van der Waals surface area contributed by atoms with Crippen molar-refractivity contribution < 1.29 is 9.53 Å². The van der Waals surface area contributed by atoms with Gasteiger partial charge in [-0.25, -0.2) is 0 Å². The predicted octanol–water partition coefficient (Wildman–Crippen LogP) is 2.33. The Morgan fingerprint density at radius 2 is 2.00 bits per heavy atom. The first-order valence-corrected chi connectivity index (χ1v) is 7.02. The van der Waals surface area contributed by atoms with Gasteiger partial charge in [0.05, 0.1) is 5.75 Å². The molecule has 16 heavy (non-hydrogen) atoms. The summed E-state index contributed by atoms with van der Waals surface area (Å²) in [7, 11) is 0. The van der Waals surface area contributed by atoms with E-state index in [1.807, 2.05) is 20.8 Å². The van der Waals surface area contributed by atoms with Crippen molar-refractivity contribution in [3.8, 4) is 0 Å². The van der Waals surface area contributed by atoms with Crippen LogP contribution in [0.2, 0.25) is 0 Å². The smallest absolute Gasteiger partial charge is 0.316 e. The summed E-state index contributed by atoms with van der Waals surface area (Å²) in [6.45, 7) is 5.67. The van der Waals surface area contributed by atoms with Crippen molar-refractivity contribution in [3.63, 3.8) is 0 Å². The molecule has 1 fully saturated rings. The molecule has 3 nitrogen and oxygen atoms in total. The molecule has 0 aromatic heterocycles. The molecule has 0 bridgehead atoms. The highest BCUT2D eigenvalue weighted by Gasteiger charge is 2.24. The van der Waals surface area contributed by atoms with Crippen molar-refractivity contribution in [2.24, 2.45) is 5.73 Å². The second kappa shape index (κ2) is 5.92. The number of rotatable bonds is 3. The van der Waals surface area contributed by atoms with Gasteiger partial charge < -0.3 is 10.5 Å². The summed E-state index contributed by atoms with van der Waals surface area (Å²) in [5, 5.41) is 0.432. The summed E-state index contributed by atoms with van der Waals surface area (Å²) in [4.78, 5) is 11.5. The fraction of sp³-hybridized carbons (Fsp3) is 0.917. The van der Waals surface area contributed by atoms with Crippen molar-refractivity contribution in [1.82, 2.24) is 0 Å². The number of ether oxygens (including phenoxy) is 1. The average Bonchev–Trinajstić information content (AvgIpc) is 2.14. The molecule has 0 radical (unpaired) electrons. The lowest BCUT2D eigenvalue weighted by Gasteiger charge is -2.28. The SMILES string of the molecule is CC(C)(C)OC(=O)CSC1CCCCC1N. The normalized spacial score (nSPS) is 26.5. The summed E-state index contributed by atoms with van der Waals surface area (Å²) in [5.74, 6) is 0.297. The van der Waals surface area contributed by atoms with E-state index in [1.165, 1.54) is 12.8 Å². The van der Waals surface area contributed by atoms with Gasteiger partial charge in [-0.1, -0.05) is 12.8 Å². The van der Waals surface area contributed by atoms with Gasteiger partial charge in [-0.05, 0) is 33.6 Å². The van der Waals surface area contributed by atoms with Gasteiger partial charge in [0, 0.05) is 11.3 Å². The van der Waals surface area contributed by atoms with Crippen molar-refractivity contribution in [2.45, 2.75) is 63.3 Å². The number of thioether (sulfide) groups is 1. The number of hydrogen-bond acceptors (Lipinski definition) is 4. The maximum Gasteiger partial charge on any atom is 0.316 e. The molecule has 1 rings (SSSR count). The Hall–Kier alpha value is -0.220. The first-order valence-electron chi connectivity index (χ1n) is 5.97. The standard InChI is InChI=1S/C12H23NO2S/c1-12(2,3)15-11(14)8-16-10-7-5-4-6-9(10)13/h9-10H,4-8,13H2,1-3H3. The summed E-state index contributed by atoms with van der Waals surface area (Å²) in [6.07, 6.45) is 4.69. The Bertz CT molecular complexity index is 238. The van der Waals surface area contributed by atoms with Gasteiger partial charge in [0.2, 0.25) is 0 Å². The molecule has 2 unspecified atom stereocenters. The van der Waals surface area contributed by atoms with E-state index in [-0.39, 0.29) is 17.6 Å². The molecule has 4 heteroatoms. The van der Waals surface area contributed by atoms with E-state index < -0.39 is 0 Å². The molecule has 0 saturated heterocycles. The molecule has 2 atom stereocenters. The average molecular weight is 245 g/mol. The number of esters is 1. The lowest BCUT2D eigenvalue weighted by molar-refractivity contribution is -0.151. The molecule has 1 aliphatic rings. The van der Waals surface area contributed by atoms with E-state index in [2.05, 4.69) is 0 Å². The second-order valence-corrected chi connectivity index (χ2v) is 6.61. The van der Waals surface area contributed by atoms with Gasteiger partial charge >= 0.3 is 5.97 Å². The van der Waals surface area contributed by atoms with Crippen LogP contribution in [0.4, 0.5) is 0 Å². The Morgan fingerprint density at radius 3 is 2.56 bits per heavy atom. The van der Waals surface area contributed by atoms with Gasteiger partial charge in [0.15, 0.2) is 0 Å². The first-order chi connectivity index (χ1) is 7.38.